The van der Waals surface area contributed by atoms with Crippen LogP contribution in [0.4, 0.5) is 0 Å². The van der Waals surface area contributed by atoms with Crippen LogP contribution in [0.2, 0.25) is 10.2 Å². The Morgan fingerprint density at radius 1 is 1.31 bits per heavy atom. The van der Waals surface area contributed by atoms with Crippen molar-refractivity contribution in [3.8, 4) is 0 Å². The van der Waals surface area contributed by atoms with Gasteiger partial charge >= 0.3 is 0 Å². The molecule has 0 saturated heterocycles. The highest BCUT2D eigenvalue weighted by molar-refractivity contribution is 14.0. The summed E-state index contributed by atoms with van der Waals surface area (Å²) in [5.41, 5.74) is 0.736. The molecule has 152 valence electrons. The molecule has 0 radical (unpaired) electrons. The van der Waals surface area contributed by atoms with Gasteiger partial charge in [-0.05, 0) is 24.8 Å². The van der Waals surface area contributed by atoms with Gasteiger partial charge in [-0.2, -0.15) is 0 Å². The molecule has 0 atom stereocenters. The Hall–Kier alpha value is -0.190. The number of halogens is 3. The molecular weight excluding hydrogens is 510 g/mol. The van der Waals surface area contributed by atoms with E-state index in [-0.39, 0.29) is 35.1 Å². The third kappa shape index (κ3) is 9.14. The minimum atomic E-state index is -2.96. The zero-order chi connectivity index (χ0) is 19.3. The second kappa shape index (κ2) is 11.0. The summed E-state index contributed by atoms with van der Waals surface area (Å²) < 4.78 is 24.5. The highest BCUT2D eigenvalue weighted by atomic mass is 127. The maximum absolute atomic E-state index is 11.4. The molecule has 6 nitrogen and oxygen atoms in total. The molecule has 10 heteroatoms. The molecule has 0 saturated carbocycles. The second-order valence-electron chi connectivity index (χ2n) is 6.93. The van der Waals surface area contributed by atoms with Gasteiger partial charge in [0.1, 0.15) is 15.0 Å². The van der Waals surface area contributed by atoms with Crippen LogP contribution in [0.3, 0.4) is 0 Å². The van der Waals surface area contributed by atoms with E-state index in [9.17, 15) is 8.42 Å². The van der Waals surface area contributed by atoms with Crippen LogP contribution in [0, 0.1) is 5.41 Å². The molecule has 26 heavy (non-hydrogen) atoms. The largest absolute Gasteiger partial charge is 0.357 e. The van der Waals surface area contributed by atoms with Crippen LogP contribution in [-0.4, -0.2) is 44.0 Å². The van der Waals surface area contributed by atoms with Gasteiger partial charge in [-0.3, -0.25) is 0 Å². The number of guanidine groups is 1. The van der Waals surface area contributed by atoms with Gasteiger partial charge in [0.25, 0.3) is 0 Å². The summed E-state index contributed by atoms with van der Waals surface area (Å²) in [6.45, 7) is 7.83. The van der Waals surface area contributed by atoms with Crippen LogP contribution in [0.25, 0.3) is 0 Å². The summed E-state index contributed by atoms with van der Waals surface area (Å²) in [7, 11) is -1.12. The Balaban J connectivity index is 0.00000625. The van der Waals surface area contributed by atoms with Gasteiger partial charge in [-0.15, -0.1) is 24.0 Å². The van der Waals surface area contributed by atoms with Gasteiger partial charge in [0.2, 0.25) is 0 Å². The highest BCUT2D eigenvalue weighted by Gasteiger charge is 2.20. The minimum Gasteiger partial charge on any atom is -0.357 e. The van der Waals surface area contributed by atoms with E-state index in [0.29, 0.717) is 35.6 Å². The van der Waals surface area contributed by atoms with E-state index in [4.69, 9.17) is 23.2 Å². The van der Waals surface area contributed by atoms with Crippen molar-refractivity contribution >= 4 is 63.0 Å². The zero-order valence-corrected chi connectivity index (χ0v) is 20.6. The summed E-state index contributed by atoms with van der Waals surface area (Å²) in [5.74, 6) is 0.846. The lowest BCUT2D eigenvalue weighted by atomic mass is 9.90. The number of nitrogens with one attached hydrogen (secondary N) is 2. The molecule has 0 amide bonds. The van der Waals surface area contributed by atoms with E-state index in [1.807, 2.05) is 27.8 Å². The van der Waals surface area contributed by atoms with Crippen molar-refractivity contribution in [3.63, 3.8) is 0 Å². The van der Waals surface area contributed by atoms with Crippen molar-refractivity contribution in [2.75, 3.05) is 25.1 Å². The Bertz CT molecular complexity index is 718. The second-order valence-corrected chi connectivity index (χ2v) is 9.95. The van der Waals surface area contributed by atoms with Crippen molar-refractivity contribution in [2.24, 2.45) is 17.5 Å². The fourth-order valence-corrected chi connectivity index (χ4v) is 3.45. The summed E-state index contributed by atoms with van der Waals surface area (Å²) in [5, 5.41) is 7.46. The molecule has 2 N–H and O–H groups in total. The Labute approximate surface area is 184 Å². The minimum absolute atomic E-state index is 0. The fourth-order valence-electron chi connectivity index (χ4n) is 2.12. The molecule has 1 heterocycles. The molecule has 0 bridgehead atoms. The average molecular weight is 539 g/mol. The third-order valence-electron chi connectivity index (χ3n) is 3.84. The van der Waals surface area contributed by atoms with Crippen LogP contribution in [-0.2, 0) is 23.4 Å². The molecule has 1 rings (SSSR count). The lowest BCUT2D eigenvalue weighted by Crippen LogP contribution is -2.42. The first-order chi connectivity index (χ1) is 11.4. The summed E-state index contributed by atoms with van der Waals surface area (Å²) in [6.07, 6.45) is 1.85. The Morgan fingerprint density at radius 2 is 1.92 bits per heavy atom. The molecule has 0 fully saturated rings. The van der Waals surface area contributed by atoms with E-state index < -0.39 is 9.84 Å². The van der Waals surface area contributed by atoms with Crippen LogP contribution < -0.4 is 10.6 Å². The van der Waals surface area contributed by atoms with Gasteiger partial charge in [0, 0.05) is 32.1 Å². The van der Waals surface area contributed by atoms with Crippen molar-refractivity contribution < 1.29 is 8.42 Å². The lowest BCUT2D eigenvalue weighted by Gasteiger charge is -2.25. The Morgan fingerprint density at radius 3 is 2.38 bits per heavy atom. The first kappa shape index (κ1) is 25.8. The predicted molar refractivity (Wildman–Crippen MR) is 122 cm³/mol. The maximum atomic E-state index is 11.4. The smallest absolute Gasteiger partial charge is 0.191 e. The van der Waals surface area contributed by atoms with Crippen LogP contribution in [0.1, 0.15) is 32.9 Å². The molecule has 1 aromatic heterocycles. The number of aliphatic imine (C=N–C) groups is 1. The molecule has 0 unspecified atom stereocenters. The van der Waals surface area contributed by atoms with Crippen molar-refractivity contribution in [2.45, 2.75) is 33.7 Å². The molecule has 0 aliphatic rings. The van der Waals surface area contributed by atoms with Gasteiger partial charge in [0.15, 0.2) is 5.96 Å². The summed E-state index contributed by atoms with van der Waals surface area (Å²) >= 11 is 12.1. The number of aromatic nitrogens is 1. The number of rotatable bonds is 8. The fraction of sp³-hybridized carbons (Fsp3) is 0.688. The summed E-state index contributed by atoms with van der Waals surface area (Å²) in [4.78, 5) is 4.55. The molecule has 0 aliphatic heterocycles. The topological polar surface area (TPSA) is 75.5 Å². The van der Waals surface area contributed by atoms with E-state index >= 15 is 0 Å². The first-order valence-electron chi connectivity index (χ1n) is 8.14. The highest BCUT2D eigenvalue weighted by Crippen LogP contribution is 2.25. The maximum Gasteiger partial charge on any atom is 0.191 e. The van der Waals surface area contributed by atoms with Gasteiger partial charge < -0.3 is 15.2 Å². The molecule has 0 aromatic carbocycles. The SMILES string of the molecule is CCNC(=NCc1cc(Cl)c(Cl)n1C)NCC(C)(C)CCS(C)(=O)=O.I. The number of nitrogens with zero attached hydrogens (tertiary/aromatic N) is 2. The van der Waals surface area contributed by atoms with E-state index in [1.165, 1.54) is 6.26 Å². The van der Waals surface area contributed by atoms with Crippen molar-refractivity contribution in [1.82, 2.24) is 15.2 Å². The number of hydrogen-bond acceptors (Lipinski definition) is 3. The van der Waals surface area contributed by atoms with E-state index in [0.717, 1.165) is 12.2 Å². The number of hydrogen-bond donors (Lipinski definition) is 2. The predicted octanol–water partition coefficient (Wildman–Crippen LogP) is 3.47. The van der Waals surface area contributed by atoms with Crippen LogP contribution in [0.5, 0.6) is 0 Å². The van der Waals surface area contributed by atoms with Crippen LogP contribution >= 0.6 is 47.2 Å². The zero-order valence-electron chi connectivity index (χ0n) is 15.9. The number of sulfone groups is 1. The Kier molecular flexibility index (Phi) is 10.9. The normalized spacial score (nSPS) is 12.7. The average Bonchev–Trinajstić information content (AvgIpc) is 2.75. The quantitative estimate of drug-likeness (QED) is 0.302. The standard InChI is InChI=1S/C16H28Cl2N4O2S.HI/c1-6-19-15(20-10-12-9-13(17)14(18)22(12)4)21-11-16(2,3)7-8-25(5,23)24;/h9H,6-8,10-11H2,1-5H3,(H2,19,20,21);1H. The summed E-state index contributed by atoms with van der Waals surface area (Å²) in [6, 6.07) is 1.80. The lowest BCUT2D eigenvalue weighted by molar-refractivity contribution is 0.348. The molecule has 1 aromatic rings. The third-order valence-corrected chi connectivity index (χ3v) is 5.63. The van der Waals surface area contributed by atoms with E-state index in [1.54, 1.807) is 10.6 Å². The molecule has 0 aliphatic carbocycles. The van der Waals surface area contributed by atoms with Crippen LogP contribution in [0.15, 0.2) is 11.1 Å². The first-order valence-corrected chi connectivity index (χ1v) is 11.0. The van der Waals surface area contributed by atoms with Crippen molar-refractivity contribution in [3.05, 3.63) is 21.9 Å². The van der Waals surface area contributed by atoms with Gasteiger partial charge in [-0.25, -0.2) is 13.4 Å². The van der Waals surface area contributed by atoms with Gasteiger partial charge in [-0.1, -0.05) is 37.0 Å². The molecule has 0 spiro atoms. The van der Waals surface area contributed by atoms with Crippen molar-refractivity contribution in [1.29, 1.82) is 0 Å². The van der Waals surface area contributed by atoms with E-state index in [2.05, 4.69) is 15.6 Å². The van der Waals surface area contributed by atoms with Gasteiger partial charge in [0.05, 0.1) is 17.3 Å². The monoisotopic (exact) mass is 538 g/mol. The molecular formula is C16H29Cl2IN4O2S.